The molecule has 0 saturated heterocycles. The van der Waals surface area contributed by atoms with Gasteiger partial charge < -0.3 is 10.1 Å². The first-order valence-electron chi connectivity index (χ1n) is 6.18. The van der Waals surface area contributed by atoms with Gasteiger partial charge in [0.25, 0.3) is 0 Å². The lowest BCUT2D eigenvalue weighted by atomic mass is 10.1. The van der Waals surface area contributed by atoms with Crippen molar-refractivity contribution in [2.75, 3.05) is 11.9 Å². The number of hydrogen-bond donors (Lipinski definition) is 1. The largest absolute Gasteiger partial charge is 0.494 e. The van der Waals surface area contributed by atoms with E-state index in [4.69, 9.17) is 16.3 Å². The van der Waals surface area contributed by atoms with Crippen molar-refractivity contribution in [1.29, 1.82) is 0 Å². The van der Waals surface area contributed by atoms with E-state index in [9.17, 15) is 4.79 Å². The van der Waals surface area contributed by atoms with Crippen LogP contribution in [-0.2, 0) is 11.2 Å². The fraction of sp³-hybridized carbons (Fsp3) is 0.214. The molecular formula is C14H14ClN3O2. The number of nitrogens with zero attached hydrogens (tertiary/aromatic N) is 2. The predicted molar refractivity (Wildman–Crippen MR) is 77.0 cm³/mol. The summed E-state index contributed by atoms with van der Waals surface area (Å²) >= 11 is 5.62. The Morgan fingerprint density at radius 2 is 1.95 bits per heavy atom. The second-order valence-electron chi connectivity index (χ2n) is 4.04. The number of anilines is 1. The number of halogens is 1. The molecule has 0 radical (unpaired) electrons. The molecule has 0 unspecified atom stereocenters. The first-order valence-corrected chi connectivity index (χ1v) is 6.56. The van der Waals surface area contributed by atoms with Gasteiger partial charge in [0.05, 0.1) is 13.0 Å². The maximum Gasteiger partial charge on any atom is 0.229 e. The molecule has 0 fully saturated rings. The zero-order chi connectivity index (χ0) is 14.4. The molecule has 6 heteroatoms. The number of benzene rings is 1. The third kappa shape index (κ3) is 4.20. The van der Waals surface area contributed by atoms with E-state index in [2.05, 4.69) is 15.5 Å². The van der Waals surface area contributed by atoms with Crippen LogP contribution in [-0.4, -0.2) is 22.7 Å². The molecule has 0 aliphatic heterocycles. The summed E-state index contributed by atoms with van der Waals surface area (Å²) in [7, 11) is 0. The van der Waals surface area contributed by atoms with Crippen LogP contribution < -0.4 is 10.1 Å². The Balaban J connectivity index is 1.92. The van der Waals surface area contributed by atoms with E-state index in [1.807, 2.05) is 31.2 Å². The summed E-state index contributed by atoms with van der Waals surface area (Å²) in [5.74, 6) is 1.01. The second kappa shape index (κ2) is 6.86. The van der Waals surface area contributed by atoms with E-state index in [1.165, 1.54) is 0 Å². The number of aromatic nitrogens is 2. The Hall–Kier alpha value is -2.14. The maximum absolute atomic E-state index is 11.8. The standard InChI is InChI=1S/C14H14ClN3O2/c1-2-20-11-5-3-10(4-6-11)9-14(19)16-13-8-7-12(15)17-18-13/h3-8H,2,9H2,1H3,(H,16,18,19). The molecule has 1 N–H and O–H groups in total. The van der Waals surface area contributed by atoms with Crippen molar-refractivity contribution in [1.82, 2.24) is 10.2 Å². The number of amides is 1. The highest BCUT2D eigenvalue weighted by molar-refractivity contribution is 6.29. The Bertz CT molecular complexity index is 570. The van der Waals surface area contributed by atoms with Gasteiger partial charge in [-0.25, -0.2) is 0 Å². The van der Waals surface area contributed by atoms with Crippen LogP contribution >= 0.6 is 11.6 Å². The van der Waals surface area contributed by atoms with Gasteiger partial charge >= 0.3 is 0 Å². The van der Waals surface area contributed by atoms with Crippen molar-refractivity contribution in [2.45, 2.75) is 13.3 Å². The third-order valence-electron chi connectivity index (χ3n) is 2.50. The van der Waals surface area contributed by atoms with Gasteiger partial charge in [0.2, 0.25) is 5.91 Å². The third-order valence-corrected chi connectivity index (χ3v) is 2.70. The van der Waals surface area contributed by atoms with Gasteiger partial charge in [0.1, 0.15) is 5.75 Å². The summed E-state index contributed by atoms with van der Waals surface area (Å²) in [6.45, 7) is 2.55. The molecule has 1 heterocycles. The van der Waals surface area contributed by atoms with Crippen LogP contribution in [0.2, 0.25) is 5.15 Å². The average Bonchev–Trinajstić information content (AvgIpc) is 2.44. The molecule has 0 bridgehead atoms. The Morgan fingerprint density at radius 3 is 2.55 bits per heavy atom. The maximum atomic E-state index is 11.8. The van der Waals surface area contributed by atoms with Gasteiger partial charge in [-0.1, -0.05) is 23.7 Å². The van der Waals surface area contributed by atoms with Crippen LogP contribution in [0.25, 0.3) is 0 Å². The SMILES string of the molecule is CCOc1ccc(CC(=O)Nc2ccc(Cl)nn2)cc1. The molecule has 20 heavy (non-hydrogen) atoms. The molecule has 0 atom stereocenters. The highest BCUT2D eigenvalue weighted by Crippen LogP contribution is 2.13. The van der Waals surface area contributed by atoms with Crippen molar-refractivity contribution in [3.05, 3.63) is 47.1 Å². The highest BCUT2D eigenvalue weighted by atomic mass is 35.5. The summed E-state index contributed by atoms with van der Waals surface area (Å²) in [5, 5.41) is 10.4. The van der Waals surface area contributed by atoms with E-state index >= 15 is 0 Å². The second-order valence-corrected chi connectivity index (χ2v) is 4.43. The van der Waals surface area contributed by atoms with Crippen molar-refractivity contribution in [3.63, 3.8) is 0 Å². The molecule has 104 valence electrons. The number of ether oxygens (including phenoxy) is 1. The molecule has 2 aromatic rings. The normalized spacial score (nSPS) is 10.1. The van der Waals surface area contributed by atoms with Crippen LogP contribution in [0.3, 0.4) is 0 Å². The van der Waals surface area contributed by atoms with Gasteiger partial charge in [0, 0.05) is 0 Å². The zero-order valence-corrected chi connectivity index (χ0v) is 11.7. The number of carbonyl (C=O) groups is 1. The van der Waals surface area contributed by atoms with E-state index in [0.717, 1.165) is 11.3 Å². The first kappa shape index (κ1) is 14.3. The Morgan fingerprint density at radius 1 is 1.20 bits per heavy atom. The first-order chi connectivity index (χ1) is 9.67. The summed E-state index contributed by atoms with van der Waals surface area (Å²) in [6.07, 6.45) is 0.261. The number of rotatable bonds is 5. The van der Waals surface area contributed by atoms with Crippen LogP contribution in [0.4, 0.5) is 5.82 Å². The summed E-state index contributed by atoms with van der Waals surface area (Å²) < 4.78 is 5.34. The van der Waals surface area contributed by atoms with Gasteiger partial charge in [-0.3, -0.25) is 4.79 Å². The summed E-state index contributed by atoms with van der Waals surface area (Å²) in [5.41, 5.74) is 0.896. The molecule has 1 amide bonds. The molecule has 5 nitrogen and oxygen atoms in total. The molecule has 0 aliphatic carbocycles. The molecule has 0 aliphatic rings. The van der Waals surface area contributed by atoms with Gasteiger partial charge in [-0.05, 0) is 36.8 Å². The smallest absolute Gasteiger partial charge is 0.229 e. The fourth-order valence-corrected chi connectivity index (χ4v) is 1.73. The molecule has 1 aromatic carbocycles. The monoisotopic (exact) mass is 291 g/mol. The minimum Gasteiger partial charge on any atom is -0.494 e. The lowest BCUT2D eigenvalue weighted by Crippen LogP contribution is -2.15. The molecule has 1 aromatic heterocycles. The Labute approximate surface area is 121 Å². The minimum atomic E-state index is -0.161. The van der Waals surface area contributed by atoms with Gasteiger partial charge in [0.15, 0.2) is 11.0 Å². The van der Waals surface area contributed by atoms with Gasteiger partial charge in [-0.15, -0.1) is 10.2 Å². The predicted octanol–water partition coefficient (Wildman–Crippen LogP) is 2.71. The van der Waals surface area contributed by atoms with E-state index in [-0.39, 0.29) is 17.5 Å². The van der Waals surface area contributed by atoms with E-state index < -0.39 is 0 Å². The number of hydrogen-bond acceptors (Lipinski definition) is 4. The fourth-order valence-electron chi connectivity index (χ4n) is 1.63. The zero-order valence-electron chi connectivity index (χ0n) is 11.0. The molecule has 0 spiro atoms. The van der Waals surface area contributed by atoms with Crippen molar-refractivity contribution < 1.29 is 9.53 Å². The van der Waals surface area contributed by atoms with Crippen molar-refractivity contribution in [3.8, 4) is 5.75 Å². The van der Waals surface area contributed by atoms with Crippen LogP contribution in [0, 0.1) is 0 Å². The number of nitrogens with one attached hydrogen (secondary N) is 1. The Kier molecular flexibility index (Phi) is 4.90. The quantitative estimate of drug-likeness (QED) is 0.920. The van der Waals surface area contributed by atoms with Crippen molar-refractivity contribution >= 4 is 23.3 Å². The minimum absolute atomic E-state index is 0.161. The molecular weight excluding hydrogens is 278 g/mol. The average molecular weight is 292 g/mol. The lowest BCUT2D eigenvalue weighted by molar-refractivity contribution is -0.115. The van der Waals surface area contributed by atoms with Crippen LogP contribution in [0.1, 0.15) is 12.5 Å². The topological polar surface area (TPSA) is 64.1 Å². The van der Waals surface area contributed by atoms with Crippen LogP contribution in [0.15, 0.2) is 36.4 Å². The summed E-state index contributed by atoms with van der Waals surface area (Å²) in [4.78, 5) is 11.8. The summed E-state index contributed by atoms with van der Waals surface area (Å²) in [6, 6.07) is 10.6. The lowest BCUT2D eigenvalue weighted by Gasteiger charge is -2.06. The van der Waals surface area contributed by atoms with E-state index in [0.29, 0.717) is 12.4 Å². The molecule has 2 rings (SSSR count). The van der Waals surface area contributed by atoms with Crippen molar-refractivity contribution in [2.24, 2.45) is 0 Å². The highest BCUT2D eigenvalue weighted by Gasteiger charge is 2.05. The van der Waals surface area contributed by atoms with E-state index in [1.54, 1.807) is 12.1 Å². The van der Waals surface area contributed by atoms with Gasteiger partial charge in [-0.2, -0.15) is 0 Å². The van der Waals surface area contributed by atoms with Crippen LogP contribution in [0.5, 0.6) is 5.75 Å². The molecule has 0 saturated carbocycles. The number of carbonyl (C=O) groups excluding carboxylic acids is 1.